The van der Waals surface area contributed by atoms with E-state index < -0.39 is 0 Å². The summed E-state index contributed by atoms with van der Waals surface area (Å²) in [6.45, 7) is 9.92. The van der Waals surface area contributed by atoms with Crippen molar-refractivity contribution in [2.45, 2.75) is 51.4 Å². The van der Waals surface area contributed by atoms with Gasteiger partial charge < -0.3 is 18.6 Å². The molecular weight excluding hydrogens is 757 g/mol. The molecule has 2 aliphatic carbocycles. The van der Waals surface area contributed by atoms with Crippen LogP contribution < -0.4 is 9.47 Å². The molecule has 10 aromatic rings. The molecule has 4 nitrogen and oxygen atoms in total. The third-order valence-electron chi connectivity index (χ3n) is 14.7. The molecule has 0 aliphatic heterocycles. The fourth-order valence-electron chi connectivity index (χ4n) is 11.3. The highest BCUT2D eigenvalue weighted by Crippen LogP contribution is 2.61. The lowest BCUT2D eigenvalue weighted by atomic mass is 9.62. The van der Waals surface area contributed by atoms with E-state index in [0.29, 0.717) is 0 Å². The summed E-state index contributed by atoms with van der Waals surface area (Å²) in [5.74, 6) is 2.84. The molecule has 4 heteroatoms. The fourth-order valence-corrected chi connectivity index (χ4v) is 11.3. The van der Waals surface area contributed by atoms with Crippen molar-refractivity contribution < 1.29 is 9.47 Å². The van der Waals surface area contributed by atoms with Gasteiger partial charge in [-0.25, -0.2) is 0 Å². The zero-order valence-electron chi connectivity index (χ0n) is 36.0. The average Bonchev–Trinajstić information content (AvgIpc) is 3.83. The van der Waals surface area contributed by atoms with Crippen LogP contribution in [0.15, 0.2) is 158 Å². The standard InChI is InChI=1S/C58H48N2O2/c1-33-35(3)53-56-46(32-50-48-30-40(38-16-14-22-44(28-38)62-6)24-26-52(48)59(57(50)53)41-17-9-7-10-18-41)34(2)36(4)54-55(56)45(33)31-49-47-29-39(37-15-13-21-43(27-37)61-5)23-25-51(47)60(58(49)54)42-19-11-8-12-20-42/h7-36H,1-6H3. The van der Waals surface area contributed by atoms with E-state index in [4.69, 9.17) is 9.47 Å². The normalized spacial score (nSPS) is 17.8. The van der Waals surface area contributed by atoms with Gasteiger partial charge in [0.1, 0.15) is 11.5 Å². The number of hydrogen-bond acceptors (Lipinski definition) is 2. The predicted octanol–water partition coefficient (Wildman–Crippen LogP) is 15.3. The molecule has 62 heavy (non-hydrogen) atoms. The minimum Gasteiger partial charge on any atom is -0.497 e. The van der Waals surface area contributed by atoms with Gasteiger partial charge >= 0.3 is 0 Å². The van der Waals surface area contributed by atoms with Gasteiger partial charge in [0.25, 0.3) is 0 Å². The van der Waals surface area contributed by atoms with Gasteiger partial charge in [-0.15, -0.1) is 0 Å². The van der Waals surface area contributed by atoms with Crippen molar-refractivity contribution in [1.29, 1.82) is 0 Å². The Morgan fingerprint density at radius 2 is 0.774 bits per heavy atom. The Bertz CT molecular complexity index is 3220. The average molecular weight is 805 g/mol. The van der Waals surface area contributed by atoms with Gasteiger partial charge in [-0.1, -0.05) is 100 Å². The number of para-hydroxylation sites is 2. The molecule has 4 unspecified atom stereocenters. The Balaban J connectivity index is 1.21. The first-order chi connectivity index (χ1) is 30.3. The number of nitrogens with zero attached hydrogens (tertiary/aromatic N) is 2. The van der Waals surface area contributed by atoms with Crippen LogP contribution in [0, 0.1) is 0 Å². The molecular formula is C58H48N2O2. The Labute approximate surface area is 362 Å². The molecule has 0 saturated heterocycles. The lowest BCUT2D eigenvalue weighted by molar-refractivity contribution is 0.415. The smallest absolute Gasteiger partial charge is 0.119 e. The van der Waals surface area contributed by atoms with Gasteiger partial charge in [0.05, 0.1) is 36.3 Å². The van der Waals surface area contributed by atoms with Crippen LogP contribution in [0.2, 0.25) is 0 Å². The summed E-state index contributed by atoms with van der Waals surface area (Å²) in [6, 6.07) is 58.1. The molecule has 0 bridgehead atoms. The molecule has 0 spiro atoms. The first kappa shape index (κ1) is 36.8. The maximum absolute atomic E-state index is 5.66. The topological polar surface area (TPSA) is 28.3 Å². The van der Waals surface area contributed by atoms with Gasteiger partial charge in [0.2, 0.25) is 0 Å². The molecule has 2 aliphatic rings. The minimum atomic E-state index is 0.269. The molecule has 302 valence electrons. The second-order valence-electron chi connectivity index (χ2n) is 17.7. The van der Waals surface area contributed by atoms with E-state index in [-0.39, 0.29) is 23.7 Å². The maximum Gasteiger partial charge on any atom is 0.119 e. The Hall–Kier alpha value is -7.04. The summed E-state index contributed by atoms with van der Waals surface area (Å²) < 4.78 is 16.5. The second kappa shape index (κ2) is 13.7. The van der Waals surface area contributed by atoms with Crippen molar-refractivity contribution in [3.05, 3.63) is 180 Å². The molecule has 0 saturated carbocycles. The molecule has 0 N–H and O–H groups in total. The first-order valence-electron chi connectivity index (χ1n) is 22.0. The number of fused-ring (bicyclic) bond motifs is 8. The quantitative estimate of drug-likeness (QED) is 0.167. The van der Waals surface area contributed by atoms with Gasteiger partial charge in [-0.2, -0.15) is 0 Å². The van der Waals surface area contributed by atoms with E-state index >= 15 is 0 Å². The molecule has 12 rings (SSSR count). The fraction of sp³-hybridized carbons (Fsp3) is 0.172. The van der Waals surface area contributed by atoms with Gasteiger partial charge in [-0.05, 0) is 164 Å². The predicted molar refractivity (Wildman–Crippen MR) is 258 cm³/mol. The highest BCUT2D eigenvalue weighted by molar-refractivity contribution is 6.17. The van der Waals surface area contributed by atoms with Crippen molar-refractivity contribution in [3.63, 3.8) is 0 Å². The van der Waals surface area contributed by atoms with Gasteiger partial charge in [-0.3, -0.25) is 0 Å². The summed E-state index contributed by atoms with van der Waals surface area (Å²) in [5, 5.41) is 5.23. The maximum atomic E-state index is 5.66. The highest BCUT2D eigenvalue weighted by atomic mass is 16.5. The van der Waals surface area contributed by atoms with Crippen LogP contribution >= 0.6 is 0 Å². The summed E-state index contributed by atoms with van der Waals surface area (Å²) in [5.41, 5.74) is 21.0. The summed E-state index contributed by atoms with van der Waals surface area (Å²) in [6.07, 6.45) is 0. The lowest BCUT2D eigenvalue weighted by Crippen LogP contribution is -2.24. The monoisotopic (exact) mass is 804 g/mol. The van der Waals surface area contributed by atoms with E-state index in [0.717, 1.165) is 22.6 Å². The zero-order chi connectivity index (χ0) is 42.0. The Kier molecular flexibility index (Phi) is 8.15. The molecule has 2 aromatic heterocycles. The molecule has 8 aromatic carbocycles. The van der Waals surface area contributed by atoms with Gasteiger partial charge in [0, 0.05) is 32.9 Å². The van der Waals surface area contributed by atoms with Gasteiger partial charge in [0.15, 0.2) is 0 Å². The third-order valence-corrected chi connectivity index (χ3v) is 14.7. The zero-order valence-corrected chi connectivity index (χ0v) is 36.0. The van der Waals surface area contributed by atoms with E-state index in [1.807, 2.05) is 12.1 Å². The summed E-state index contributed by atoms with van der Waals surface area (Å²) in [7, 11) is 3.48. The van der Waals surface area contributed by atoms with E-state index in [1.165, 1.54) is 99.5 Å². The lowest BCUT2D eigenvalue weighted by Gasteiger charge is -2.42. The number of aromatic nitrogens is 2. The first-order valence-corrected chi connectivity index (χ1v) is 22.0. The van der Waals surface area contributed by atoms with E-state index in [1.54, 1.807) is 14.2 Å². The van der Waals surface area contributed by atoms with Crippen molar-refractivity contribution in [2.24, 2.45) is 0 Å². The Morgan fingerprint density at radius 3 is 1.18 bits per heavy atom. The van der Waals surface area contributed by atoms with Crippen LogP contribution in [0.25, 0.3) is 88.4 Å². The molecule has 4 atom stereocenters. The molecule has 0 fully saturated rings. The third kappa shape index (κ3) is 5.13. The van der Waals surface area contributed by atoms with Crippen LogP contribution in [-0.2, 0) is 0 Å². The number of methoxy groups -OCH3 is 2. The number of benzene rings is 8. The van der Waals surface area contributed by atoms with Crippen molar-refractivity contribution in [1.82, 2.24) is 9.13 Å². The van der Waals surface area contributed by atoms with E-state index in [2.05, 4.69) is 182 Å². The number of hydrogen-bond donors (Lipinski definition) is 0. The summed E-state index contributed by atoms with van der Waals surface area (Å²) >= 11 is 0. The number of ether oxygens (including phenoxy) is 2. The number of rotatable bonds is 6. The van der Waals surface area contributed by atoms with Crippen molar-refractivity contribution in [2.75, 3.05) is 14.2 Å². The molecule has 0 radical (unpaired) electrons. The van der Waals surface area contributed by atoms with Crippen molar-refractivity contribution >= 4 is 43.6 Å². The van der Waals surface area contributed by atoms with Crippen LogP contribution in [0.4, 0.5) is 0 Å². The van der Waals surface area contributed by atoms with Crippen LogP contribution in [-0.4, -0.2) is 23.4 Å². The molecule has 2 heterocycles. The highest BCUT2D eigenvalue weighted by Gasteiger charge is 2.42. The SMILES string of the molecule is COc1cccc(-c2ccc3c(c2)c2cc4c5c(c2n3-c2ccccc2)C(C)C(C)c2cc3c6cc(-c7cccc(OC)c7)ccc6n(-c6ccccc6)c3c(c2-5)C(C)C4C)c1. The van der Waals surface area contributed by atoms with Crippen molar-refractivity contribution in [3.8, 4) is 56.3 Å². The molecule has 0 amide bonds. The minimum absolute atomic E-state index is 0.269. The Morgan fingerprint density at radius 1 is 0.371 bits per heavy atom. The van der Waals surface area contributed by atoms with Crippen LogP contribution in [0.1, 0.15) is 73.6 Å². The van der Waals surface area contributed by atoms with Crippen LogP contribution in [0.5, 0.6) is 11.5 Å². The van der Waals surface area contributed by atoms with Crippen LogP contribution in [0.3, 0.4) is 0 Å². The summed E-state index contributed by atoms with van der Waals surface area (Å²) in [4.78, 5) is 0. The second-order valence-corrected chi connectivity index (χ2v) is 17.7. The van der Waals surface area contributed by atoms with E-state index in [9.17, 15) is 0 Å². The largest absolute Gasteiger partial charge is 0.497 e.